The van der Waals surface area contributed by atoms with Crippen molar-refractivity contribution >= 4 is 23.4 Å². The minimum atomic E-state index is -0.661. The van der Waals surface area contributed by atoms with Gasteiger partial charge in [-0.3, -0.25) is 4.79 Å². The molecule has 2 rings (SSSR count). The van der Waals surface area contributed by atoms with Crippen molar-refractivity contribution in [1.29, 1.82) is 0 Å². The first-order chi connectivity index (χ1) is 11.4. The molecule has 2 amide bonds. The molecule has 1 atom stereocenters. The molecule has 7 heteroatoms. The van der Waals surface area contributed by atoms with Gasteiger partial charge in [0.1, 0.15) is 6.61 Å². The third-order valence-corrected chi connectivity index (χ3v) is 3.93. The maximum atomic E-state index is 12.0. The Bertz CT molecular complexity index is 728. The zero-order chi connectivity index (χ0) is 17.9. The van der Waals surface area contributed by atoms with Gasteiger partial charge in [-0.15, -0.1) is 0 Å². The van der Waals surface area contributed by atoms with Crippen LogP contribution in [0.3, 0.4) is 0 Å². The van der Waals surface area contributed by atoms with Crippen molar-refractivity contribution in [1.82, 2.24) is 10.6 Å². The van der Waals surface area contributed by atoms with Gasteiger partial charge >= 0.3 is 6.03 Å². The van der Waals surface area contributed by atoms with Crippen molar-refractivity contribution in [2.45, 2.75) is 19.9 Å². The number of hydrogen-bond acceptors (Lipinski definition) is 4. The van der Waals surface area contributed by atoms with Crippen molar-refractivity contribution in [3.05, 3.63) is 46.6 Å². The van der Waals surface area contributed by atoms with Gasteiger partial charge in [-0.25, -0.2) is 4.79 Å². The fourth-order valence-electron chi connectivity index (χ4n) is 2.59. The van der Waals surface area contributed by atoms with E-state index < -0.39 is 12.1 Å². The number of ketones is 1. The summed E-state index contributed by atoms with van der Waals surface area (Å²) in [5, 5.41) is 5.68. The highest BCUT2D eigenvalue weighted by atomic mass is 35.5. The number of amides is 2. The minimum absolute atomic E-state index is 0.160. The van der Waals surface area contributed by atoms with Gasteiger partial charge in [0.05, 0.1) is 18.2 Å². The quantitative estimate of drug-likeness (QED) is 0.773. The molecule has 2 N–H and O–H groups in total. The summed E-state index contributed by atoms with van der Waals surface area (Å²) >= 11 is 6.37. The lowest BCUT2D eigenvalue weighted by atomic mass is 9.92. The summed E-state index contributed by atoms with van der Waals surface area (Å²) in [6.45, 7) is 7.01. The van der Waals surface area contributed by atoms with E-state index in [0.717, 1.165) is 0 Å². The first kappa shape index (κ1) is 17.9. The number of carbonyl (C=O) groups excluding carboxylic acids is 2. The molecule has 0 aromatic heterocycles. The van der Waals surface area contributed by atoms with Gasteiger partial charge in [0.25, 0.3) is 0 Å². The molecule has 0 aliphatic carbocycles. The number of rotatable bonds is 6. The molecule has 0 unspecified atom stereocenters. The molecule has 128 valence electrons. The summed E-state index contributed by atoms with van der Waals surface area (Å²) < 4.78 is 10.8. The fourth-order valence-corrected chi connectivity index (χ4v) is 2.85. The van der Waals surface area contributed by atoms with E-state index in [0.29, 0.717) is 40.0 Å². The third-order valence-electron chi connectivity index (χ3n) is 3.60. The molecule has 0 spiro atoms. The Hall–Kier alpha value is -2.47. The number of nitrogens with one attached hydrogen (secondary N) is 2. The maximum absolute atomic E-state index is 12.0. The van der Waals surface area contributed by atoms with Gasteiger partial charge in [0, 0.05) is 22.9 Å². The zero-order valence-corrected chi connectivity index (χ0v) is 14.5. The highest BCUT2D eigenvalue weighted by Crippen LogP contribution is 2.39. The summed E-state index contributed by atoms with van der Waals surface area (Å²) in [6, 6.07) is 2.20. The first-order valence-electron chi connectivity index (χ1n) is 7.29. The van der Waals surface area contributed by atoms with Crippen molar-refractivity contribution in [3.63, 3.8) is 0 Å². The van der Waals surface area contributed by atoms with E-state index in [1.54, 1.807) is 25.1 Å². The van der Waals surface area contributed by atoms with Crippen molar-refractivity contribution in [3.8, 4) is 11.5 Å². The van der Waals surface area contributed by atoms with E-state index in [1.165, 1.54) is 14.0 Å². The number of carbonyl (C=O) groups is 2. The van der Waals surface area contributed by atoms with E-state index in [-0.39, 0.29) is 5.78 Å². The lowest BCUT2D eigenvalue weighted by Gasteiger charge is -2.29. The van der Waals surface area contributed by atoms with Crippen LogP contribution in [0, 0.1) is 0 Å². The van der Waals surface area contributed by atoms with Crippen LogP contribution < -0.4 is 20.1 Å². The average molecular weight is 351 g/mol. The normalized spacial score (nSPS) is 17.0. The lowest BCUT2D eigenvalue weighted by molar-refractivity contribution is -0.114. The number of Topliss-reactive ketones (excluding diaryl/α,β-unsaturated/α-hetero) is 1. The number of halogens is 1. The smallest absolute Gasteiger partial charge is 0.319 e. The first-order valence-corrected chi connectivity index (χ1v) is 7.67. The number of ether oxygens (including phenoxy) is 2. The van der Waals surface area contributed by atoms with Crippen molar-refractivity contribution < 1.29 is 19.1 Å². The largest absolute Gasteiger partial charge is 0.493 e. The molecule has 0 saturated carbocycles. The van der Waals surface area contributed by atoms with E-state index in [2.05, 4.69) is 17.2 Å². The van der Waals surface area contributed by atoms with Crippen molar-refractivity contribution in [2.24, 2.45) is 0 Å². The van der Waals surface area contributed by atoms with E-state index >= 15 is 0 Å². The maximum Gasteiger partial charge on any atom is 0.319 e. The molecule has 1 aliphatic heterocycles. The number of methoxy groups -OCH3 is 1. The zero-order valence-electron chi connectivity index (χ0n) is 13.7. The van der Waals surface area contributed by atoms with Crippen molar-refractivity contribution in [2.75, 3.05) is 13.7 Å². The summed E-state index contributed by atoms with van der Waals surface area (Å²) in [5.41, 5.74) is 1.50. The SMILES string of the molecule is C=CCOc1cc(Cl)c([C@@H]2NC(=O)NC(C)=C2C(C)=O)cc1OC. The third kappa shape index (κ3) is 3.54. The number of benzene rings is 1. The Morgan fingerprint density at radius 1 is 1.42 bits per heavy atom. The lowest BCUT2D eigenvalue weighted by Crippen LogP contribution is -2.44. The van der Waals surface area contributed by atoms with Gasteiger partial charge in [0.2, 0.25) is 0 Å². The molecular formula is C17H19ClN2O4. The Kier molecular flexibility index (Phi) is 5.51. The van der Waals surface area contributed by atoms with E-state index in [1.807, 2.05) is 0 Å². The molecule has 24 heavy (non-hydrogen) atoms. The molecule has 1 heterocycles. The molecule has 0 radical (unpaired) electrons. The second-order valence-electron chi connectivity index (χ2n) is 5.25. The Morgan fingerprint density at radius 3 is 2.71 bits per heavy atom. The van der Waals surface area contributed by atoms with Gasteiger partial charge in [0.15, 0.2) is 17.3 Å². The summed E-state index contributed by atoms with van der Waals surface area (Å²) in [6.07, 6.45) is 1.61. The van der Waals surface area contributed by atoms with E-state index in [9.17, 15) is 9.59 Å². The molecular weight excluding hydrogens is 332 g/mol. The van der Waals surface area contributed by atoms with Crippen LogP contribution in [-0.2, 0) is 4.79 Å². The number of hydrogen-bond donors (Lipinski definition) is 2. The van der Waals surface area contributed by atoms with Crippen LogP contribution in [0.1, 0.15) is 25.5 Å². The Labute approximate surface area is 145 Å². The van der Waals surface area contributed by atoms with Gasteiger partial charge in [-0.2, -0.15) is 0 Å². The second-order valence-corrected chi connectivity index (χ2v) is 5.66. The minimum Gasteiger partial charge on any atom is -0.493 e. The summed E-state index contributed by atoms with van der Waals surface area (Å²) in [4.78, 5) is 23.8. The van der Waals surface area contributed by atoms with Crippen LogP contribution >= 0.6 is 11.6 Å². The van der Waals surface area contributed by atoms with Gasteiger partial charge < -0.3 is 20.1 Å². The van der Waals surface area contributed by atoms with Gasteiger partial charge in [-0.1, -0.05) is 24.3 Å². The number of allylic oxidation sites excluding steroid dienone is 1. The fraction of sp³-hybridized carbons (Fsp3) is 0.294. The highest BCUT2D eigenvalue weighted by Gasteiger charge is 2.31. The van der Waals surface area contributed by atoms with Crippen LogP contribution in [0.5, 0.6) is 11.5 Å². The second kappa shape index (κ2) is 7.40. The Morgan fingerprint density at radius 2 is 2.12 bits per heavy atom. The van der Waals surface area contributed by atoms with Crippen LogP contribution in [0.15, 0.2) is 36.1 Å². The Balaban J connectivity index is 2.54. The molecule has 0 fully saturated rings. The molecule has 0 saturated heterocycles. The van der Waals surface area contributed by atoms with Crippen LogP contribution in [0.2, 0.25) is 5.02 Å². The molecule has 1 aromatic carbocycles. The predicted octanol–water partition coefficient (Wildman–Crippen LogP) is 3.13. The molecule has 6 nitrogen and oxygen atoms in total. The average Bonchev–Trinajstić information content (AvgIpc) is 2.51. The van der Waals surface area contributed by atoms with Gasteiger partial charge in [-0.05, 0) is 19.9 Å². The molecule has 1 aromatic rings. The standard InChI is InChI=1S/C17H19ClN2O4/c1-5-6-24-14-8-12(18)11(7-13(14)23-4)16-15(10(3)21)9(2)19-17(22)20-16/h5,7-8,16H,1,6H2,2-4H3,(H2,19,20,22)/t16-/m0/s1. The molecule has 1 aliphatic rings. The topological polar surface area (TPSA) is 76.7 Å². The summed E-state index contributed by atoms with van der Waals surface area (Å²) in [7, 11) is 1.50. The monoisotopic (exact) mass is 350 g/mol. The van der Waals surface area contributed by atoms with Crippen LogP contribution in [0.25, 0.3) is 0 Å². The highest BCUT2D eigenvalue weighted by molar-refractivity contribution is 6.31. The summed E-state index contributed by atoms with van der Waals surface area (Å²) in [5.74, 6) is 0.744. The van der Waals surface area contributed by atoms with Crippen LogP contribution in [-0.4, -0.2) is 25.5 Å². The van der Waals surface area contributed by atoms with E-state index in [4.69, 9.17) is 21.1 Å². The van der Waals surface area contributed by atoms with Crippen LogP contribution in [0.4, 0.5) is 4.79 Å². The number of urea groups is 1. The predicted molar refractivity (Wildman–Crippen MR) is 91.5 cm³/mol. The molecule has 0 bridgehead atoms.